The topological polar surface area (TPSA) is 34.1 Å². The Balaban J connectivity index is 1.99. The number of aryl methyl sites for hydroxylation is 1. The zero-order valence-electron chi connectivity index (χ0n) is 11.4. The quantitative estimate of drug-likeness (QED) is 0.904. The maximum absolute atomic E-state index is 13.6. The summed E-state index contributed by atoms with van der Waals surface area (Å²) in [6.07, 6.45) is 0. The Kier molecular flexibility index (Phi) is 5.09. The van der Waals surface area contributed by atoms with E-state index in [0.717, 1.165) is 21.6 Å². The van der Waals surface area contributed by atoms with Gasteiger partial charge in [-0.1, -0.05) is 15.9 Å². The number of hydrogen-bond donors (Lipinski definition) is 1. The third kappa shape index (κ3) is 4.02. The number of aromatic nitrogens is 1. The highest BCUT2D eigenvalue weighted by atomic mass is 79.9. The minimum absolute atomic E-state index is 0.213. The van der Waals surface area contributed by atoms with E-state index in [4.69, 9.17) is 4.74 Å². The van der Waals surface area contributed by atoms with Crippen LogP contribution < -0.4 is 10.1 Å². The van der Waals surface area contributed by atoms with Crippen molar-refractivity contribution in [1.82, 2.24) is 10.3 Å². The first kappa shape index (κ1) is 14.9. The van der Waals surface area contributed by atoms with Crippen molar-refractivity contribution in [3.05, 3.63) is 57.6 Å². The molecule has 0 atom stereocenters. The number of halogens is 2. The number of methoxy groups -OCH3 is 1. The van der Waals surface area contributed by atoms with Gasteiger partial charge in [-0.3, -0.25) is 4.98 Å². The van der Waals surface area contributed by atoms with E-state index in [9.17, 15) is 4.39 Å². The second-order valence-corrected chi connectivity index (χ2v) is 5.39. The molecule has 0 aliphatic rings. The number of rotatable bonds is 5. The van der Waals surface area contributed by atoms with E-state index in [1.165, 1.54) is 6.07 Å². The molecular formula is C15H16BrFN2O. The van der Waals surface area contributed by atoms with E-state index in [-0.39, 0.29) is 5.82 Å². The van der Waals surface area contributed by atoms with Crippen molar-refractivity contribution in [3.8, 4) is 5.75 Å². The largest absolute Gasteiger partial charge is 0.497 e. The number of nitrogens with one attached hydrogen (secondary N) is 1. The number of pyridine rings is 1. The number of hydrogen-bond acceptors (Lipinski definition) is 3. The Morgan fingerprint density at radius 1 is 1.25 bits per heavy atom. The van der Waals surface area contributed by atoms with Crippen LogP contribution in [0.15, 0.2) is 34.8 Å². The zero-order chi connectivity index (χ0) is 14.5. The molecule has 0 saturated carbocycles. The molecule has 3 nitrogen and oxygen atoms in total. The second-order valence-electron chi connectivity index (χ2n) is 4.48. The lowest BCUT2D eigenvalue weighted by Gasteiger charge is -2.08. The Hall–Kier alpha value is -1.46. The minimum Gasteiger partial charge on any atom is -0.497 e. The summed E-state index contributed by atoms with van der Waals surface area (Å²) in [5.74, 6) is 0.568. The van der Waals surface area contributed by atoms with Gasteiger partial charge in [0.15, 0.2) is 0 Å². The molecule has 0 aliphatic carbocycles. The third-order valence-corrected chi connectivity index (χ3v) is 3.34. The van der Waals surface area contributed by atoms with Crippen LogP contribution >= 0.6 is 15.9 Å². The van der Waals surface area contributed by atoms with E-state index in [2.05, 4.69) is 26.2 Å². The van der Waals surface area contributed by atoms with Crippen molar-refractivity contribution in [1.29, 1.82) is 0 Å². The van der Waals surface area contributed by atoms with Crippen molar-refractivity contribution in [2.75, 3.05) is 7.11 Å². The summed E-state index contributed by atoms with van der Waals surface area (Å²) < 4.78 is 19.6. The molecule has 0 fully saturated rings. The number of ether oxygens (including phenoxy) is 1. The fraction of sp³-hybridized carbons (Fsp3) is 0.267. The molecule has 1 N–H and O–H groups in total. The van der Waals surface area contributed by atoms with Crippen LogP contribution in [0, 0.1) is 12.7 Å². The Morgan fingerprint density at radius 3 is 2.80 bits per heavy atom. The Labute approximate surface area is 126 Å². The highest BCUT2D eigenvalue weighted by Crippen LogP contribution is 2.16. The fourth-order valence-corrected chi connectivity index (χ4v) is 2.32. The van der Waals surface area contributed by atoms with Crippen LogP contribution in [-0.2, 0) is 13.1 Å². The van der Waals surface area contributed by atoms with E-state index >= 15 is 0 Å². The van der Waals surface area contributed by atoms with Gasteiger partial charge in [0.2, 0.25) is 0 Å². The first-order valence-corrected chi connectivity index (χ1v) is 7.04. The fourth-order valence-electron chi connectivity index (χ4n) is 1.92. The van der Waals surface area contributed by atoms with E-state index in [1.54, 1.807) is 19.2 Å². The molecule has 20 heavy (non-hydrogen) atoms. The lowest BCUT2D eigenvalue weighted by Crippen LogP contribution is -2.15. The molecule has 0 unspecified atom stereocenters. The normalized spacial score (nSPS) is 10.6. The van der Waals surface area contributed by atoms with Gasteiger partial charge in [0, 0.05) is 41.0 Å². The van der Waals surface area contributed by atoms with E-state index in [1.807, 2.05) is 19.1 Å². The lowest BCUT2D eigenvalue weighted by molar-refractivity contribution is 0.412. The summed E-state index contributed by atoms with van der Waals surface area (Å²) in [5, 5.41) is 3.19. The summed E-state index contributed by atoms with van der Waals surface area (Å²) in [4.78, 5) is 4.41. The maximum Gasteiger partial charge on any atom is 0.127 e. The highest BCUT2D eigenvalue weighted by Gasteiger charge is 2.04. The van der Waals surface area contributed by atoms with Gasteiger partial charge in [-0.15, -0.1) is 0 Å². The molecule has 0 aliphatic heterocycles. The van der Waals surface area contributed by atoms with Gasteiger partial charge >= 0.3 is 0 Å². The summed E-state index contributed by atoms with van der Waals surface area (Å²) in [7, 11) is 1.63. The van der Waals surface area contributed by atoms with Crippen LogP contribution in [0.2, 0.25) is 0 Å². The molecule has 0 bridgehead atoms. The molecule has 0 saturated heterocycles. The molecule has 0 spiro atoms. The van der Waals surface area contributed by atoms with Gasteiger partial charge in [0.25, 0.3) is 0 Å². The van der Waals surface area contributed by atoms with E-state index < -0.39 is 0 Å². The van der Waals surface area contributed by atoms with Gasteiger partial charge in [-0.05, 0) is 25.1 Å². The molecule has 5 heteroatoms. The van der Waals surface area contributed by atoms with Gasteiger partial charge in [0.05, 0.1) is 12.8 Å². The van der Waals surface area contributed by atoms with Crippen LogP contribution in [0.5, 0.6) is 5.75 Å². The van der Waals surface area contributed by atoms with E-state index in [0.29, 0.717) is 18.7 Å². The van der Waals surface area contributed by atoms with Gasteiger partial charge in [0.1, 0.15) is 11.6 Å². The molecular weight excluding hydrogens is 323 g/mol. The van der Waals surface area contributed by atoms with Crippen LogP contribution in [0.25, 0.3) is 0 Å². The average Bonchev–Trinajstić information content (AvgIpc) is 2.42. The molecule has 2 rings (SSSR count). The molecule has 0 amide bonds. The first-order chi connectivity index (χ1) is 9.58. The standard InChI is InChI=1S/C15H16BrFN2O/c1-10-5-14(20-2)7-13(19-10)9-18-8-11-6-12(16)3-4-15(11)17/h3-7,18H,8-9H2,1-2H3. The summed E-state index contributed by atoms with van der Waals surface area (Å²) in [6, 6.07) is 8.65. The van der Waals surface area contributed by atoms with Crippen molar-refractivity contribution >= 4 is 15.9 Å². The maximum atomic E-state index is 13.6. The molecule has 0 radical (unpaired) electrons. The van der Waals surface area contributed by atoms with Crippen molar-refractivity contribution in [2.45, 2.75) is 20.0 Å². The molecule has 1 aromatic heterocycles. The van der Waals surface area contributed by atoms with Crippen LogP contribution in [-0.4, -0.2) is 12.1 Å². The SMILES string of the molecule is COc1cc(C)nc(CNCc2cc(Br)ccc2F)c1. The summed E-state index contributed by atoms with van der Waals surface area (Å²) in [5.41, 5.74) is 2.39. The molecule has 1 aromatic carbocycles. The van der Waals surface area contributed by atoms with Gasteiger partial charge in [-0.25, -0.2) is 4.39 Å². The average molecular weight is 339 g/mol. The second kappa shape index (κ2) is 6.81. The third-order valence-electron chi connectivity index (χ3n) is 2.85. The smallest absolute Gasteiger partial charge is 0.127 e. The molecule has 106 valence electrons. The van der Waals surface area contributed by atoms with Crippen molar-refractivity contribution in [2.24, 2.45) is 0 Å². The van der Waals surface area contributed by atoms with Gasteiger partial charge < -0.3 is 10.1 Å². The van der Waals surface area contributed by atoms with Crippen LogP contribution in [0.1, 0.15) is 17.0 Å². The highest BCUT2D eigenvalue weighted by molar-refractivity contribution is 9.10. The van der Waals surface area contributed by atoms with Gasteiger partial charge in [-0.2, -0.15) is 0 Å². The molecule has 2 aromatic rings. The minimum atomic E-state index is -0.213. The zero-order valence-corrected chi connectivity index (χ0v) is 13.0. The first-order valence-electron chi connectivity index (χ1n) is 6.24. The predicted octanol–water partition coefficient (Wildman–Crippen LogP) is 3.59. The molecule has 1 heterocycles. The monoisotopic (exact) mass is 338 g/mol. The Bertz CT molecular complexity index is 604. The van der Waals surface area contributed by atoms with Crippen molar-refractivity contribution < 1.29 is 9.13 Å². The Morgan fingerprint density at radius 2 is 2.05 bits per heavy atom. The summed E-state index contributed by atoms with van der Waals surface area (Å²) >= 11 is 3.34. The van der Waals surface area contributed by atoms with Crippen molar-refractivity contribution in [3.63, 3.8) is 0 Å². The summed E-state index contributed by atoms with van der Waals surface area (Å²) in [6.45, 7) is 2.92. The number of benzene rings is 1. The lowest BCUT2D eigenvalue weighted by atomic mass is 10.2. The van der Waals surface area contributed by atoms with Crippen LogP contribution in [0.3, 0.4) is 0 Å². The number of nitrogens with zero attached hydrogens (tertiary/aromatic N) is 1. The predicted molar refractivity (Wildman–Crippen MR) is 80.2 cm³/mol. The van der Waals surface area contributed by atoms with Crippen LogP contribution in [0.4, 0.5) is 4.39 Å².